The number of benzene rings is 3. The van der Waals surface area contributed by atoms with Gasteiger partial charge in [0.1, 0.15) is 6.04 Å². The third-order valence-electron chi connectivity index (χ3n) is 5.78. The van der Waals surface area contributed by atoms with Crippen LogP contribution in [0.25, 0.3) is 0 Å². The molecule has 0 aliphatic carbocycles. The smallest absolute Gasteiger partial charge is 0.243 e. The molecule has 2 amide bonds. The van der Waals surface area contributed by atoms with Gasteiger partial charge in [0, 0.05) is 24.5 Å². The van der Waals surface area contributed by atoms with Crippen molar-refractivity contribution in [3.63, 3.8) is 0 Å². The number of aryl methyl sites for hydroxylation is 1. The monoisotopic (exact) mass is 476 g/mol. The number of carbonyl (C=O) groups excluding carboxylic acids is 2. The number of hydrogen-bond acceptors (Lipinski definition) is 2. The zero-order valence-electron chi connectivity index (χ0n) is 20.0. The van der Waals surface area contributed by atoms with Gasteiger partial charge in [0.25, 0.3) is 0 Å². The van der Waals surface area contributed by atoms with Gasteiger partial charge in [-0.15, -0.1) is 0 Å². The summed E-state index contributed by atoms with van der Waals surface area (Å²) in [5, 5.41) is 3.66. The summed E-state index contributed by atoms with van der Waals surface area (Å²) in [4.78, 5) is 28.8. The van der Waals surface area contributed by atoms with E-state index < -0.39 is 6.04 Å². The Hall–Kier alpha value is -3.11. The van der Waals surface area contributed by atoms with Gasteiger partial charge >= 0.3 is 0 Å². The van der Waals surface area contributed by atoms with Crippen LogP contribution in [0.5, 0.6) is 0 Å². The molecular weight excluding hydrogens is 444 g/mol. The minimum absolute atomic E-state index is 0.0860. The van der Waals surface area contributed by atoms with Gasteiger partial charge in [-0.25, -0.2) is 0 Å². The molecule has 178 valence electrons. The third-order valence-corrected chi connectivity index (χ3v) is 6.02. The van der Waals surface area contributed by atoms with E-state index in [1.165, 1.54) is 0 Å². The fourth-order valence-electron chi connectivity index (χ4n) is 3.99. The second kappa shape index (κ2) is 13.0. The minimum Gasteiger partial charge on any atom is -0.354 e. The maximum Gasteiger partial charge on any atom is 0.243 e. The Morgan fingerprint density at radius 1 is 0.912 bits per heavy atom. The molecule has 3 aromatic carbocycles. The Labute approximate surface area is 207 Å². The lowest BCUT2D eigenvalue weighted by Crippen LogP contribution is -2.51. The van der Waals surface area contributed by atoms with Gasteiger partial charge in [-0.2, -0.15) is 0 Å². The maximum atomic E-state index is 13.7. The van der Waals surface area contributed by atoms with Crippen molar-refractivity contribution >= 4 is 23.4 Å². The van der Waals surface area contributed by atoms with Gasteiger partial charge in [-0.05, 0) is 42.2 Å². The van der Waals surface area contributed by atoms with Crippen molar-refractivity contribution in [3.8, 4) is 0 Å². The fourth-order valence-corrected chi connectivity index (χ4v) is 4.20. The first-order valence-electron chi connectivity index (χ1n) is 11.9. The molecule has 0 spiro atoms. The lowest BCUT2D eigenvalue weighted by Gasteiger charge is -2.32. The van der Waals surface area contributed by atoms with Crippen LogP contribution in [0.15, 0.2) is 78.9 Å². The minimum atomic E-state index is -0.629. The first-order valence-corrected chi connectivity index (χ1v) is 12.2. The summed E-state index contributed by atoms with van der Waals surface area (Å²) in [5.41, 5.74) is 3.94. The molecule has 0 aliphatic heterocycles. The number of rotatable bonds is 11. The first-order chi connectivity index (χ1) is 16.5. The van der Waals surface area contributed by atoms with E-state index in [4.69, 9.17) is 11.6 Å². The number of halogens is 1. The number of carbonyl (C=O) groups is 2. The number of amides is 2. The highest BCUT2D eigenvalue weighted by atomic mass is 35.5. The molecule has 5 heteroatoms. The summed E-state index contributed by atoms with van der Waals surface area (Å²) < 4.78 is 0. The van der Waals surface area contributed by atoms with E-state index in [-0.39, 0.29) is 18.2 Å². The molecule has 1 atom stereocenters. The van der Waals surface area contributed by atoms with Gasteiger partial charge in [-0.3, -0.25) is 9.59 Å². The summed E-state index contributed by atoms with van der Waals surface area (Å²) in [6.45, 7) is 5.00. The Bertz CT molecular complexity index is 1080. The van der Waals surface area contributed by atoms with E-state index in [2.05, 4.69) is 12.2 Å². The molecule has 0 saturated heterocycles. The summed E-state index contributed by atoms with van der Waals surface area (Å²) in [6, 6.07) is 24.6. The molecule has 0 aliphatic rings. The lowest BCUT2D eigenvalue weighted by atomic mass is 10.0. The van der Waals surface area contributed by atoms with E-state index in [0.717, 1.165) is 35.1 Å². The topological polar surface area (TPSA) is 49.4 Å². The fraction of sp³-hybridized carbons (Fsp3) is 0.310. The molecule has 0 radical (unpaired) electrons. The molecule has 1 unspecified atom stereocenters. The molecule has 0 fully saturated rings. The van der Waals surface area contributed by atoms with Gasteiger partial charge in [0.15, 0.2) is 0 Å². The van der Waals surface area contributed by atoms with Crippen molar-refractivity contribution in [2.45, 2.75) is 52.1 Å². The van der Waals surface area contributed by atoms with Gasteiger partial charge < -0.3 is 10.2 Å². The average Bonchev–Trinajstić information content (AvgIpc) is 2.82. The van der Waals surface area contributed by atoms with Crippen LogP contribution in [0.2, 0.25) is 5.02 Å². The second-order valence-electron chi connectivity index (χ2n) is 8.67. The van der Waals surface area contributed by atoms with Crippen LogP contribution in [0, 0.1) is 6.92 Å². The van der Waals surface area contributed by atoms with Crippen LogP contribution in [-0.4, -0.2) is 29.3 Å². The lowest BCUT2D eigenvalue weighted by molar-refractivity contribution is -0.140. The van der Waals surface area contributed by atoms with Crippen molar-refractivity contribution in [2.75, 3.05) is 6.54 Å². The summed E-state index contributed by atoms with van der Waals surface area (Å²) in [6.07, 6.45) is 2.56. The van der Waals surface area contributed by atoms with Crippen molar-refractivity contribution in [1.82, 2.24) is 10.2 Å². The molecule has 34 heavy (non-hydrogen) atoms. The van der Waals surface area contributed by atoms with Gasteiger partial charge in [0.05, 0.1) is 6.42 Å². The van der Waals surface area contributed by atoms with Crippen LogP contribution in [0.3, 0.4) is 0 Å². The van der Waals surface area contributed by atoms with Crippen LogP contribution >= 0.6 is 11.6 Å². The number of nitrogens with one attached hydrogen (secondary N) is 1. The third kappa shape index (κ3) is 7.74. The van der Waals surface area contributed by atoms with E-state index in [1.54, 1.807) is 4.90 Å². The number of nitrogens with zero attached hydrogens (tertiary/aromatic N) is 1. The molecule has 0 aromatic heterocycles. The Morgan fingerprint density at radius 3 is 2.32 bits per heavy atom. The van der Waals surface area contributed by atoms with E-state index in [0.29, 0.717) is 24.5 Å². The average molecular weight is 477 g/mol. The second-order valence-corrected chi connectivity index (χ2v) is 9.10. The molecule has 3 aromatic rings. The van der Waals surface area contributed by atoms with E-state index in [1.807, 2.05) is 85.8 Å². The van der Waals surface area contributed by atoms with Gasteiger partial charge in [-0.1, -0.05) is 97.2 Å². The van der Waals surface area contributed by atoms with Crippen LogP contribution in [0.4, 0.5) is 0 Å². The number of hydrogen-bond donors (Lipinski definition) is 1. The quantitative estimate of drug-likeness (QED) is 0.358. The van der Waals surface area contributed by atoms with Crippen molar-refractivity contribution < 1.29 is 9.59 Å². The Balaban J connectivity index is 1.94. The van der Waals surface area contributed by atoms with Crippen LogP contribution in [0.1, 0.15) is 42.0 Å². The largest absolute Gasteiger partial charge is 0.354 e. The molecule has 0 bridgehead atoms. The maximum absolute atomic E-state index is 13.7. The van der Waals surface area contributed by atoms with Gasteiger partial charge in [0.2, 0.25) is 11.8 Å². The van der Waals surface area contributed by atoms with Crippen molar-refractivity contribution in [2.24, 2.45) is 0 Å². The molecule has 3 rings (SSSR count). The SMILES string of the molecule is CCCCNC(=O)C(Cc1ccccc1)N(Cc1cccc(Cl)c1)C(=O)Cc1cccc(C)c1. The standard InChI is InChI=1S/C29H33ClN2O2/c1-3-4-16-31-29(34)27(19-23-11-6-5-7-12-23)32(21-25-14-9-15-26(30)18-25)28(33)20-24-13-8-10-22(2)17-24/h5-15,17-18,27H,3-4,16,19-21H2,1-2H3,(H,31,34). The molecule has 4 nitrogen and oxygen atoms in total. The molecule has 0 saturated carbocycles. The highest BCUT2D eigenvalue weighted by Crippen LogP contribution is 2.19. The zero-order chi connectivity index (χ0) is 24.3. The highest BCUT2D eigenvalue weighted by molar-refractivity contribution is 6.30. The Kier molecular flexibility index (Phi) is 9.72. The molecule has 0 heterocycles. The highest BCUT2D eigenvalue weighted by Gasteiger charge is 2.30. The Morgan fingerprint density at radius 2 is 1.62 bits per heavy atom. The van der Waals surface area contributed by atoms with Crippen LogP contribution < -0.4 is 5.32 Å². The van der Waals surface area contributed by atoms with Crippen molar-refractivity contribution in [1.29, 1.82) is 0 Å². The molecule has 1 N–H and O–H groups in total. The zero-order valence-corrected chi connectivity index (χ0v) is 20.7. The van der Waals surface area contributed by atoms with E-state index in [9.17, 15) is 9.59 Å². The first kappa shape index (κ1) is 25.5. The van der Waals surface area contributed by atoms with E-state index >= 15 is 0 Å². The summed E-state index contributed by atoms with van der Waals surface area (Å²) >= 11 is 6.23. The normalized spacial score (nSPS) is 11.6. The summed E-state index contributed by atoms with van der Waals surface area (Å²) in [7, 11) is 0. The predicted molar refractivity (Wildman–Crippen MR) is 139 cm³/mol. The summed E-state index contributed by atoms with van der Waals surface area (Å²) in [5.74, 6) is -0.214. The van der Waals surface area contributed by atoms with Crippen molar-refractivity contribution in [3.05, 3.63) is 106 Å². The molecular formula is C29H33ClN2O2. The van der Waals surface area contributed by atoms with Crippen LogP contribution in [-0.2, 0) is 29.0 Å². The number of unbranched alkanes of at least 4 members (excludes halogenated alkanes) is 1. The predicted octanol–water partition coefficient (Wildman–Crippen LogP) is 5.75.